The third kappa shape index (κ3) is 2.82. The fourth-order valence-electron chi connectivity index (χ4n) is 3.35. The summed E-state index contributed by atoms with van der Waals surface area (Å²) in [6.07, 6.45) is 4.35. The van der Waals surface area contributed by atoms with Gasteiger partial charge in [0.2, 0.25) is 0 Å². The Kier molecular flexibility index (Phi) is 3.84. The molecule has 1 aromatic heterocycles. The van der Waals surface area contributed by atoms with Crippen LogP contribution in [0.1, 0.15) is 36.3 Å². The normalized spacial score (nSPS) is 19.5. The van der Waals surface area contributed by atoms with Crippen LogP contribution in [-0.2, 0) is 6.54 Å². The number of nitrogens with zero attached hydrogens (tertiary/aromatic N) is 2. The van der Waals surface area contributed by atoms with Crippen molar-refractivity contribution >= 4 is 6.08 Å². The summed E-state index contributed by atoms with van der Waals surface area (Å²) in [5.74, 6) is 0.586. The van der Waals surface area contributed by atoms with Crippen molar-refractivity contribution in [2.75, 3.05) is 13.1 Å². The Bertz CT molecular complexity index is 749. The topological polar surface area (TPSA) is 38.5 Å². The van der Waals surface area contributed by atoms with E-state index in [-0.39, 0.29) is 11.4 Å². The summed E-state index contributed by atoms with van der Waals surface area (Å²) in [5.41, 5.74) is 1.13. The minimum atomic E-state index is -2.63. The number of halogens is 2. The van der Waals surface area contributed by atoms with Gasteiger partial charge in [-0.1, -0.05) is 24.3 Å². The molecule has 2 aliphatic rings. The van der Waals surface area contributed by atoms with Crippen LogP contribution in [0.4, 0.5) is 8.78 Å². The summed E-state index contributed by atoms with van der Waals surface area (Å²) in [4.78, 5) is 6.05. The van der Waals surface area contributed by atoms with E-state index in [0.29, 0.717) is 12.2 Å². The van der Waals surface area contributed by atoms with Gasteiger partial charge in [0.05, 0.1) is 0 Å². The molecule has 4 nitrogen and oxygen atoms in total. The van der Waals surface area contributed by atoms with Gasteiger partial charge in [-0.3, -0.25) is 4.90 Å². The molecule has 0 N–H and O–H groups in total. The SMILES string of the molecule is FC(F)c1ocnc1CN1CCC2(C=Cc3ccccc3O2)CC1. The number of hydrogen-bond acceptors (Lipinski definition) is 4. The average Bonchev–Trinajstić information content (AvgIpc) is 3.06. The van der Waals surface area contributed by atoms with E-state index in [4.69, 9.17) is 9.15 Å². The molecule has 126 valence electrons. The summed E-state index contributed by atoms with van der Waals surface area (Å²) < 4.78 is 36.8. The van der Waals surface area contributed by atoms with Crippen LogP contribution >= 0.6 is 0 Å². The number of aromatic nitrogens is 1. The van der Waals surface area contributed by atoms with Gasteiger partial charge in [-0.2, -0.15) is 0 Å². The van der Waals surface area contributed by atoms with Gasteiger partial charge in [-0.25, -0.2) is 13.8 Å². The quantitative estimate of drug-likeness (QED) is 0.850. The summed E-state index contributed by atoms with van der Waals surface area (Å²) in [6.45, 7) is 1.91. The highest BCUT2D eigenvalue weighted by Crippen LogP contribution is 2.37. The molecule has 24 heavy (non-hydrogen) atoms. The lowest BCUT2D eigenvalue weighted by molar-refractivity contribution is 0.0348. The number of likely N-dealkylation sites (tertiary alicyclic amines) is 1. The van der Waals surface area contributed by atoms with Gasteiger partial charge < -0.3 is 9.15 Å². The molecule has 1 spiro atoms. The number of para-hydroxylation sites is 1. The molecule has 1 saturated heterocycles. The molecule has 2 aliphatic heterocycles. The van der Waals surface area contributed by atoms with Crippen LogP contribution in [0, 0.1) is 0 Å². The van der Waals surface area contributed by atoms with Crippen molar-refractivity contribution in [2.24, 2.45) is 0 Å². The molecule has 0 atom stereocenters. The van der Waals surface area contributed by atoms with Crippen molar-refractivity contribution in [3.63, 3.8) is 0 Å². The largest absolute Gasteiger partial charge is 0.482 e. The zero-order valence-electron chi connectivity index (χ0n) is 13.1. The van der Waals surface area contributed by atoms with E-state index in [1.807, 2.05) is 24.3 Å². The standard InChI is InChI=1S/C18H18F2N2O2/c19-17(20)16-14(21-12-23-16)11-22-9-7-18(8-10-22)6-5-13-3-1-2-4-15(13)24-18/h1-6,12,17H,7-11H2. The molecular formula is C18H18F2N2O2. The number of benzene rings is 1. The van der Waals surface area contributed by atoms with E-state index in [9.17, 15) is 8.78 Å². The molecule has 6 heteroatoms. The van der Waals surface area contributed by atoms with Crippen molar-refractivity contribution in [1.29, 1.82) is 0 Å². The van der Waals surface area contributed by atoms with Gasteiger partial charge in [0.25, 0.3) is 6.43 Å². The van der Waals surface area contributed by atoms with Gasteiger partial charge in [0.15, 0.2) is 12.2 Å². The van der Waals surface area contributed by atoms with Gasteiger partial charge >= 0.3 is 0 Å². The second kappa shape index (κ2) is 6.02. The molecule has 0 saturated carbocycles. The van der Waals surface area contributed by atoms with Gasteiger partial charge in [-0.15, -0.1) is 0 Å². The fourth-order valence-corrected chi connectivity index (χ4v) is 3.35. The molecule has 0 amide bonds. The average molecular weight is 332 g/mol. The Balaban J connectivity index is 1.42. The summed E-state index contributed by atoms with van der Waals surface area (Å²) >= 11 is 0. The zero-order chi connectivity index (χ0) is 16.6. The molecule has 0 unspecified atom stereocenters. The highest BCUT2D eigenvalue weighted by Gasteiger charge is 2.37. The van der Waals surface area contributed by atoms with Crippen molar-refractivity contribution in [3.05, 3.63) is 53.8 Å². The van der Waals surface area contributed by atoms with E-state index in [1.54, 1.807) is 0 Å². The summed E-state index contributed by atoms with van der Waals surface area (Å²) in [6, 6.07) is 7.98. The monoisotopic (exact) mass is 332 g/mol. The number of hydrogen-bond donors (Lipinski definition) is 0. The first-order chi connectivity index (χ1) is 11.7. The van der Waals surface area contributed by atoms with Gasteiger partial charge in [-0.05, 0) is 12.1 Å². The number of ether oxygens (including phenoxy) is 1. The lowest BCUT2D eigenvalue weighted by atomic mass is 9.88. The lowest BCUT2D eigenvalue weighted by Gasteiger charge is -2.41. The fraction of sp³-hybridized carbons (Fsp3) is 0.389. The number of fused-ring (bicyclic) bond motifs is 1. The van der Waals surface area contributed by atoms with Crippen LogP contribution in [0.5, 0.6) is 5.75 Å². The minimum Gasteiger partial charge on any atom is -0.482 e. The summed E-state index contributed by atoms with van der Waals surface area (Å²) in [7, 11) is 0. The molecule has 1 fully saturated rings. The van der Waals surface area contributed by atoms with Crippen LogP contribution in [0.15, 0.2) is 41.2 Å². The second-order valence-corrected chi connectivity index (χ2v) is 6.28. The number of rotatable bonds is 3. The van der Waals surface area contributed by atoms with Gasteiger partial charge in [0, 0.05) is 38.0 Å². The van der Waals surface area contributed by atoms with E-state index < -0.39 is 6.43 Å². The van der Waals surface area contributed by atoms with E-state index in [2.05, 4.69) is 22.0 Å². The lowest BCUT2D eigenvalue weighted by Crippen LogP contribution is -2.47. The van der Waals surface area contributed by atoms with Crippen LogP contribution < -0.4 is 4.74 Å². The Labute approximate surface area is 138 Å². The maximum Gasteiger partial charge on any atom is 0.297 e. The van der Waals surface area contributed by atoms with Crippen molar-refractivity contribution in [2.45, 2.75) is 31.4 Å². The Morgan fingerprint density at radius 1 is 1.21 bits per heavy atom. The van der Waals surface area contributed by atoms with Crippen LogP contribution in [0.3, 0.4) is 0 Å². The maximum absolute atomic E-state index is 12.9. The Hall–Kier alpha value is -2.21. The van der Waals surface area contributed by atoms with E-state index in [1.165, 1.54) is 0 Å². The van der Waals surface area contributed by atoms with Gasteiger partial charge in [0.1, 0.15) is 17.0 Å². The molecule has 0 aliphatic carbocycles. The van der Waals surface area contributed by atoms with Crippen LogP contribution in [-0.4, -0.2) is 28.6 Å². The molecule has 0 bridgehead atoms. The molecule has 1 aromatic carbocycles. The predicted molar refractivity (Wildman–Crippen MR) is 84.8 cm³/mol. The third-order valence-corrected chi connectivity index (χ3v) is 4.75. The van der Waals surface area contributed by atoms with Crippen molar-refractivity contribution < 1.29 is 17.9 Å². The first-order valence-corrected chi connectivity index (χ1v) is 8.05. The molecular weight excluding hydrogens is 314 g/mol. The number of alkyl halides is 2. The molecule has 3 heterocycles. The smallest absolute Gasteiger partial charge is 0.297 e. The Morgan fingerprint density at radius 2 is 2.00 bits per heavy atom. The Morgan fingerprint density at radius 3 is 2.79 bits per heavy atom. The second-order valence-electron chi connectivity index (χ2n) is 6.28. The minimum absolute atomic E-state index is 0.291. The van der Waals surface area contributed by atoms with Crippen molar-refractivity contribution in [3.8, 4) is 5.75 Å². The van der Waals surface area contributed by atoms with E-state index >= 15 is 0 Å². The molecule has 0 radical (unpaired) electrons. The molecule has 4 rings (SSSR count). The number of oxazole rings is 1. The van der Waals surface area contributed by atoms with Crippen LogP contribution in [0.2, 0.25) is 0 Å². The predicted octanol–water partition coefficient (Wildman–Crippen LogP) is 4.05. The van der Waals surface area contributed by atoms with Crippen LogP contribution in [0.25, 0.3) is 6.08 Å². The molecule has 2 aromatic rings. The maximum atomic E-state index is 12.9. The zero-order valence-corrected chi connectivity index (χ0v) is 13.1. The van der Waals surface area contributed by atoms with E-state index in [0.717, 1.165) is 43.6 Å². The highest BCUT2D eigenvalue weighted by molar-refractivity contribution is 5.60. The third-order valence-electron chi connectivity index (χ3n) is 4.75. The van der Waals surface area contributed by atoms with Crippen molar-refractivity contribution in [1.82, 2.24) is 9.88 Å². The number of piperidine rings is 1. The summed E-state index contributed by atoms with van der Waals surface area (Å²) in [5, 5.41) is 0. The first kappa shape index (κ1) is 15.3. The first-order valence-electron chi connectivity index (χ1n) is 8.05. The highest BCUT2D eigenvalue weighted by atomic mass is 19.3.